The minimum atomic E-state index is -0.0974. The van der Waals surface area contributed by atoms with Crippen LogP contribution in [0.2, 0.25) is 0 Å². The molecule has 22 heavy (non-hydrogen) atoms. The maximum Gasteiger partial charge on any atom is 0.236 e. The first-order chi connectivity index (χ1) is 10.5. The monoisotopic (exact) mass is 319 g/mol. The second-order valence-electron chi connectivity index (χ2n) is 5.24. The van der Waals surface area contributed by atoms with Crippen LogP contribution in [-0.2, 0) is 11.3 Å². The summed E-state index contributed by atoms with van der Waals surface area (Å²) in [5.41, 5.74) is 0.873. The lowest BCUT2D eigenvalue weighted by Crippen LogP contribution is -2.15. The number of carbonyl (C=O) groups is 1. The zero-order chi connectivity index (χ0) is 16.1. The van der Waals surface area contributed by atoms with Gasteiger partial charge in [-0.25, -0.2) is 4.98 Å². The maximum atomic E-state index is 12.0. The summed E-state index contributed by atoms with van der Waals surface area (Å²) in [4.78, 5) is 16.3. The van der Waals surface area contributed by atoms with Crippen molar-refractivity contribution >= 4 is 23.5 Å². The second-order valence-corrected chi connectivity index (χ2v) is 6.18. The molecule has 0 aromatic carbocycles. The molecular weight excluding hydrogens is 298 g/mol. The molecule has 7 heteroatoms. The lowest BCUT2D eigenvalue weighted by atomic mass is 10.2. The lowest BCUT2D eigenvalue weighted by Gasteiger charge is -2.09. The van der Waals surface area contributed by atoms with Gasteiger partial charge in [0, 0.05) is 18.2 Å². The van der Waals surface area contributed by atoms with Crippen LogP contribution in [0.3, 0.4) is 0 Å². The molecule has 0 bridgehead atoms. The molecule has 0 radical (unpaired) electrons. The van der Waals surface area contributed by atoms with Crippen LogP contribution in [0, 0.1) is 6.92 Å². The third-order valence-corrected chi connectivity index (χ3v) is 4.03. The predicted molar refractivity (Wildman–Crippen MR) is 88.1 cm³/mol. The van der Waals surface area contributed by atoms with E-state index in [9.17, 15) is 4.79 Å². The highest BCUT2D eigenvalue weighted by Gasteiger charge is 2.15. The van der Waals surface area contributed by atoms with Crippen LogP contribution < -0.4 is 5.32 Å². The summed E-state index contributed by atoms with van der Waals surface area (Å²) < 4.78 is 2.05. The number of aromatic nitrogens is 4. The standard InChI is InChI=1S/C15H21N5OS/c1-5-20-14(10(2)3)18-19-15(20)22-9-13(21)17-12-8-6-7-11(4)16-12/h6-8,10H,5,9H2,1-4H3,(H,16,17,21). The first-order valence-corrected chi connectivity index (χ1v) is 8.29. The van der Waals surface area contributed by atoms with Crippen LogP contribution in [0.15, 0.2) is 23.4 Å². The summed E-state index contributed by atoms with van der Waals surface area (Å²) in [6, 6.07) is 5.54. The molecule has 2 rings (SSSR count). The van der Waals surface area contributed by atoms with Gasteiger partial charge >= 0.3 is 0 Å². The molecular formula is C15H21N5OS. The van der Waals surface area contributed by atoms with E-state index < -0.39 is 0 Å². The van der Waals surface area contributed by atoms with Crippen molar-refractivity contribution in [3.8, 4) is 0 Å². The van der Waals surface area contributed by atoms with Gasteiger partial charge in [-0.3, -0.25) is 4.79 Å². The van der Waals surface area contributed by atoms with E-state index in [1.54, 1.807) is 6.07 Å². The van der Waals surface area contributed by atoms with Crippen molar-refractivity contribution in [1.29, 1.82) is 0 Å². The SMILES string of the molecule is CCn1c(SCC(=O)Nc2cccc(C)n2)nnc1C(C)C. The van der Waals surface area contributed by atoms with Gasteiger partial charge in [0.2, 0.25) is 5.91 Å². The normalized spacial score (nSPS) is 11.0. The van der Waals surface area contributed by atoms with E-state index in [0.29, 0.717) is 11.7 Å². The number of amides is 1. The molecule has 0 atom stereocenters. The molecule has 0 aliphatic rings. The number of hydrogen-bond donors (Lipinski definition) is 1. The predicted octanol–water partition coefficient (Wildman–Crippen LogP) is 2.86. The van der Waals surface area contributed by atoms with Gasteiger partial charge < -0.3 is 9.88 Å². The van der Waals surface area contributed by atoms with E-state index in [2.05, 4.69) is 41.3 Å². The molecule has 2 aromatic rings. The van der Waals surface area contributed by atoms with Crippen LogP contribution in [0.1, 0.15) is 38.2 Å². The van der Waals surface area contributed by atoms with Gasteiger partial charge in [0.1, 0.15) is 11.6 Å². The van der Waals surface area contributed by atoms with Gasteiger partial charge in [-0.15, -0.1) is 10.2 Å². The Morgan fingerprint density at radius 2 is 2.14 bits per heavy atom. The number of thioether (sulfide) groups is 1. The summed E-state index contributed by atoms with van der Waals surface area (Å²) in [5.74, 6) is 2.02. The number of carbonyl (C=O) groups excluding carboxylic acids is 1. The Hall–Kier alpha value is -1.89. The van der Waals surface area contributed by atoms with Crippen molar-refractivity contribution in [1.82, 2.24) is 19.7 Å². The van der Waals surface area contributed by atoms with Crippen LogP contribution in [0.5, 0.6) is 0 Å². The Morgan fingerprint density at radius 3 is 2.77 bits per heavy atom. The number of anilines is 1. The molecule has 0 aliphatic carbocycles. The van der Waals surface area contributed by atoms with Gasteiger partial charge in [-0.2, -0.15) is 0 Å². The number of hydrogen-bond acceptors (Lipinski definition) is 5. The molecule has 0 spiro atoms. The van der Waals surface area contributed by atoms with Crippen molar-refractivity contribution in [2.45, 2.75) is 45.3 Å². The van der Waals surface area contributed by atoms with Gasteiger partial charge in [0.05, 0.1) is 5.75 Å². The van der Waals surface area contributed by atoms with Crippen LogP contribution >= 0.6 is 11.8 Å². The van der Waals surface area contributed by atoms with E-state index >= 15 is 0 Å². The van der Waals surface area contributed by atoms with E-state index in [-0.39, 0.29) is 11.7 Å². The van der Waals surface area contributed by atoms with Crippen molar-refractivity contribution in [2.75, 3.05) is 11.1 Å². The van der Waals surface area contributed by atoms with Gasteiger partial charge in [0.15, 0.2) is 5.16 Å². The Morgan fingerprint density at radius 1 is 1.36 bits per heavy atom. The molecule has 0 saturated carbocycles. The average molecular weight is 319 g/mol. The molecule has 1 N–H and O–H groups in total. The van der Waals surface area contributed by atoms with E-state index in [1.807, 2.05) is 23.6 Å². The number of nitrogens with one attached hydrogen (secondary N) is 1. The van der Waals surface area contributed by atoms with E-state index in [1.165, 1.54) is 11.8 Å². The summed E-state index contributed by atoms with van der Waals surface area (Å²) in [7, 11) is 0. The van der Waals surface area contributed by atoms with Gasteiger partial charge in [-0.05, 0) is 26.0 Å². The largest absolute Gasteiger partial charge is 0.310 e. The Kier molecular flexibility index (Phi) is 5.54. The van der Waals surface area contributed by atoms with Crippen LogP contribution in [0.25, 0.3) is 0 Å². The third-order valence-electron chi connectivity index (χ3n) is 3.07. The molecule has 0 saturated heterocycles. The lowest BCUT2D eigenvalue weighted by molar-refractivity contribution is -0.113. The summed E-state index contributed by atoms with van der Waals surface area (Å²) in [5, 5.41) is 12.0. The van der Waals surface area contributed by atoms with Crippen molar-refractivity contribution in [3.63, 3.8) is 0 Å². The smallest absolute Gasteiger partial charge is 0.236 e. The fourth-order valence-electron chi connectivity index (χ4n) is 2.05. The van der Waals surface area contributed by atoms with Crippen LogP contribution in [-0.4, -0.2) is 31.4 Å². The highest BCUT2D eigenvalue weighted by Crippen LogP contribution is 2.21. The zero-order valence-corrected chi connectivity index (χ0v) is 14.1. The van der Waals surface area contributed by atoms with Gasteiger partial charge in [-0.1, -0.05) is 31.7 Å². The molecule has 0 unspecified atom stereocenters. The number of rotatable bonds is 6. The molecule has 1 amide bonds. The quantitative estimate of drug-likeness (QED) is 0.829. The summed E-state index contributed by atoms with van der Waals surface area (Å²) >= 11 is 1.39. The fourth-order valence-corrected chi connectivity index (χ4v) is 2.86. The van der Waals surface area contributed by atoms with Crippen molar-refractivity contribution in [3.05, 3.63) is 29.7 Å². The molecule has 6 nitrogen and oxygen atoms in total. The van der Waals surface area contributed by atoms with Crippen LogP contribution in [0.4, 0.5) is 5.82 Å². The Bertz CT molecular complexity index is 653. The minimum absolute atomic E-state index is 0.0974. The molecule has 0 aliphatic heterocycles. The van der Waals surface area contributed by atoms with Crippen molar-refractivity contribution < 1.29 is 4.79 Å². The van der Waals surface area contributed by atoms with Gasteiger partial charge in [0.25, 0.3) is 0 Å². The number of nitrogens with zero attached hydrogens (tertiary/aromatic N) is 4. The number of aryl methyl sites for hydroxylation is 1. The Balaban J connectivity index is 1.97. The molecule has 0 fully saturated rings. The maximum absolute atomic E-state index is 12.0. The summed E-state index contributed by atoms with van der Waals surface area (Å²) in [6.07, 6.45) is 0. The number of pyridine rings is 1. The minimum Gasteiger partial charge on any atom is -0.310 e. The topological polar surface area (TPSA) is 72.7 Å². The molecule has 118 valence electrons. The second kappa shape index (κ2) is 7.40. The highest BCUT2D eigenvalue weighted by molar-refractivity contribution is 7.99. The van der Waals surface area contributed by atoms with Crippen molar-refractivity contribution in [2.24, 2.45) is 0 Å². The average Bonchev–Trinajstić information content (AvgIpc) is 2.88. The molecule has 2 aromatic heterocycles. The van der Waals surface area contributed by atoms with E-state index in [0.717, 1.165) is 23.2 Å². The van der Waals surface area contributed by atoms with E-state index in [4.69, 9.17) is 0 Å². The highest BCUT2D eigenvalue weighted by atomic mass is 32.2. The first-order valence-electron chi connectivity index (χ1n) is 7.30. The first kappa shape index (κ1) is 16.5. The molecule has 2 heterocycles. The zero-order valence-electron chi connectivity index (χ0n) is 13.3. The fraction of sp³-hybridized carbons (Fsp3) is 0.467. The summed E-state index contributed by atoms with van der Waals surface area (Å²) in [6.45, 7) is 8.91. The third kappa shape index (κ3) is 4.07. The Labute approximate surface area is 134 Å².